The Morgan fingerprint density at radius 2 is 1.78 bits per heavy atom. The first kappa shape index (κ1) is 26.1. The summed E-state index contributed by atoms with van der Waals surface area (Å²) in [6.45, 7) is 12.9. The highest BCUT2D eigenvalue weighted by molar-refractivity contribution is 5.97. The summed E-state index contributed by atoms with van der Waals surface area (Å²) in [6.07, 6.45) is 1.60. The van der Waals surface area contributed by atoms with E-state index in [0.717, 1.165) is 45.8 Å². The zero-order valence-corrected chi connectivity index (χ0v) is 20.2. The summed E-state index contributed by atoms with van der Waals surface area (Å²) < 4.78 is 16.9. The van der Waals surface area contributed by atoms with Crippen molar-refractivity contribution in [2.24, 2.45) is 0 Å². The van der Waals surface area contributed by atoms with Crippen LogP contribution >= 0.6 is 0 Å². The Labute approximate surface area is 195 Å². The molecule has 3 rings (SSSR count). The molecule has 1 aromatic heterocycles. The molecule has 1 fully saturated rings. The highest BCUT2D eigenvalue weighted by atomic mass is 35.5. The maximum Gasteiger partial charge on any atom is 0.256 e. The summed E-state index contributed by atoms with van der Waals surface area (Å²) >= 11 is 0. The van der Waals surface area contributed by atoms with E-state index in [-0.39, 0.29) is 23.4 Å². The lowest BCUT2D eigenvalue weighted by atomic mass is 10.1. The monoisotopic (exact) mass is 466 g/mol. The highest BCUT2D eigenvalue weighted by Crippen LogP contribution is 2.26. The summed E-state index contributed by atoms with van der Waals surface area (Å²) in [5.41, 5.74) is 0.797. The van der Waals surface area contributed by atoms with Gasteiger partial charge in [0.2, 0.25) is 5.43 Å². The van der Waals surface area contributed by atoms with Crippen LogP contribution in [0.5, 0.6) is 0 Å². The standard InChI is InChI=1S/C23H34FN5O2.ClH/c1-5-27(6-2)9-8-25-23(31)18-16-28(7-3)20-15-21(19(24)14-17(20)22(18)30)29-12-10-26(4)11-13-29;/h14-16H,5-13H2,1-4H3,(H,25,31);1H/p-1. The van der Waals surface area contributed by atoms with Crippen molar-refractivity contribution in [2.75, 3.05) is 64.3 Å². The summed E-state index contributed by atoms with van der Waals surface area (Å²) in [6, 6.07) is 3.05. The first-order chi connectivity index (χ1) is 14.9. The van der Waals surface area contributed by atoms with E-state index in [1.807, 2.05) is 16.4 Å². The highest BCUT2D eigenvalue weighted by Gasteiger charge is 2.21. The molecule has 0 unspecified atom stereocenters. The SMILES string of the molecule is CCN(CC)CCNC(=O)c1cn(CC)c2cc(N3CCN(C)CC3)c(F)cc2c1=O.[Cl-]. The lowest BCUT2D eigenvalue weighted by molar-refractivity contribution is -0.0000155. The maximum absolute atomic E-state index is 15.0. The number of nitrogens with one attached hydrogen (secondary N) is 1. The average molecular weight is 467 g/mol. The molecule has 1 N–H and O–H groups in total. The largest absolute Gasteiger partial charge is 1.00 e. The molecule has 1 aliphatic heterocycles. The number of hydrogen-bond donors (Lipinski definition) is 1. The number of carbonyl (C=O) groups excluding carboxylic acids is 1. The lowest BCUT2D eigenvalue weighted by Crippen LogP contribution is -3.00. The Hall–Kier alpha value is -2.16. The van der Waals surface area contributed by atoms with Crippen LogP contribution in [0.15, 0.2) is 23.1 Å². The second kappa shape index (κ2) is 11.6. The van der Waals surface area contributed by atoms with Crippen molar-refractivity contribution in [3.63, 3.8) is 0 Å². The number of aryl methyl sites for hydroxylation is 1. The molecule has 0 spiro atoms. The number of pyridine rings is 1. The van der Waals surface area contributed by atoms with Gasteiger partial charge >= 0.3 is 0 Å². The average Bonchev–Trinajstić information content (AvgIpc) is 2.77. The van der Waals surface area contributed by atoms with Gasteiger partial charge in [-0.1, -0.05) is 13.8 Å². The molecule has 1 aliphatic rings. The van der Waals surface area contributed by atoms with Gasteiger partial charge in [0, 0.05) is 57.4 Å². The molecular formula is C23H34ClFN5O2-. The second-order valence-electron chi connectivity index (χ2n) is 8.05. The lowest BCUT2D eigenvalue weighted by Gasteiger charge is -2.34. The number of carbonyl (C=O) groups is 1. The Balaban J connectivity index is 0.00000363. The van der Waals surface area contributed by atoms with Crippen molar-refractivity contribution in [3.8, 4) is 0 Å². The zero-order valence-electron chi connectivity index (χ0n) is 19.5. The molecule has 0 atom stereocenters. The minimum atomic E-state index is -0.427. The molecule has 2 heterocycles. The molecule has 9 heteroatoms. The fourth-order valence-corrected chi connectivity index (χ4v) is 4.08. The van der Waals surface area contributed by atoms with E-state index in [1.165, 1.54) is 6.07 Å². The van der Waals surface area contributed by atoms with Crippen molar-refractivity contribution >= 4 is 22.5 Å². The summed E-state index contributed by atoms with van der Waals surface area (Å²) in [5, 5.41) is 3.08. The van der Waals surface area contributed by atoms with Crippen LogP contribution in [0.2, 0.25) is 0 Å². The molecule has 0 radical (unpaired) electrons. The Morgan fingerprint density at radius 3 is 2.38 bits per heavy atom. The number of hydrogen-bond acceptors (Lipinski definition) is 5. The van der Waals surface area contributed by atoms with Gasteiger partial charge in [0.25, 0.3) is 5.91 Å². The van der Waals surface area contributed by atoms with Crippen LogP contribution in [-0.4, -0.2) is 79.7 Å². The molecule has 1 amide bonds. The predicted molar refractivity (Wildman–Crippen MR) is 124 cm³/mol. The van der Waals surface area contributed by atoms with Gasteiger partial charge in [-0.3, -0.25) is 9.59 Å². The molecule has 1 aromatic carbocycles. The topological polar surface area (TPSA) is 60.8 Å². The van der Waals surface area contributed by atoms with E-state index in [4.69, 9.17) is 0 Å². The van der Waals surface area contributed by atoms with E-state index in [1.54, 1.807) is 12.3 Å². The number of amides is 1. The van der Waals surface area contributed by atoms with Gasteiger partial charge in [0.15, 0.2) is 0 Å². The molecule has 0 saturated carbocycles. The van der Waals surface area contributed by atoms with Gasteiger partial charge in [0.1, 0.15) is 11.4 Å². The van der Waals surface area contributed by atoms with Crippen molar-refractivity contribution in [1.29, 1.82) is 0 Å². The Kier molecular flexibility index (Phi) is 9.48. The molecular weight excluding hydrogens is 433 g/mol. The summed E-state index contributed by atoms with van der Waals surface area (Å²) in [5.74, 6) is -0.833. The number of halogens is 2. The third-order valence-corrected chi connectivity index (χ3v) is 6.19. The van der Waals surface area contributed by atoms with Gasteiger partial charge in [-0.25, -0.2) is 4.39 Å². The normalized spacial score (nSPS) is 14.6. The van der Waals surface area contributed by atoms with Crippen molar-refractivity contribution in [2.45, 2.75) is 27.3 Å². The van der Waals surface area contributed by atoms with E-state index >= 15 is 4.39 Å². The smallest absolute Gasteiger partial charge is 0.256 e. The predicted octanol–water partition coefficient (Wildman–Crippen LogP) is -1.01. The van der Waals surface area contributed by atoms with Crippen molar-refractivity contribution < 1.29 is 21.6 Å². The number of aromatic nitrogens is 1. The van der Waals surface area contributed by atoms with Gasteiger partial charge in [-0.05, 0) is 39.2 Å². The van der Waals surface area contributed by atoms with E-state index in [2.05, 4.69) is 36.0 Å². The molecule has 0 bridgehead atoms. The van der Waals surface area contributed by atoms with E-state index < -0.39 is 17.2 Å². The van der Waals surface area contributed by atoms with Gasteiger partial charge in [0.05, 0.1) is 11.2 Å². The van der Waals surface area contributed by atoms with Crippen LogP contribution in [0.3, 0.4) is 0 Å². The second-order valence-corrected chi connectivity index (χ2v) is 8.05. The summed E-state index contributed by atoms with van der Waals surface area (Å²) in [7, 11) is 2.05. The van der Waals surface area contributed by atoms with Crippen LogP contribution in [0.25, 0.3) is 10.9 Å². The third-order valence-electron chi connectivity index (χ3n) is 6.19. The molecule has 7 nitrogen and oxygen atoms in total. The first-order valence-corrected chi connectivity index (χ1v) is 11.2. The molecule has 32 heavy (non-hydrogen) atoms. The van der Waals surface area contributed by atoms with Crippen LogP contribution in [0, 0.1) is 5.82 Å². The van der Waals surface area contributed by atoms with Crippen molar-refractivity contribution in [1.82, 2.24) is 19.7 Å². The number of rotatable bonds is 8. The number of likely N-dealkylation sites (N-methyl/N-ethyl adjacent to an activating group) is 2. The van der Waals surface area contributed by atoms with Crippen molar-refractivity contribution in [3.05, 3.63) is 39.9 Å². The molecule has 0 aliphatic carbocycles. The van der Waals surface area contributed by atoms with Gasteiger partial charge in [-0.2, -0.15) is 0 Å². The first-order valence-electron chi connectivity index (χ1n) is 11.2. The third kappa shape index (κ3) is 5.60. The van der Waals surface area contributed by atoms with Crippen LogP contribution < -0.4 is 28.1 Å². The van der Waals surface area contributed by atoms with Crippen LogP contribution in [0.4, 0.5) is 10.1 Å². The summed E-state index contributed by atoms with van der Waals surface area (Å²) in [4.78, 5) is 32.2. The molecule has 2 aromatic rings. The number of nitrogens with zero attached hydrogens (tertiary/aromatic N) is 4. The van der Waals surface area contributed by atoms with Crippen LogP contribution in [-0.2, 0) is 6.54 Å². The number of fused-ring (bicyclic) bond motifs is 1. The fraction of sp³-hybridized carbons (Fsp3) is 0.565. The zero-order chi connectivity index (χ0) is 22.5. The Morgan fingerprint density at radius 1 is 1.12 bits per heavy atom. The molecule has 1 saturated heterocycles. The Bertz CT molecular complexity index is 984. The maximum atomic E-state index is 15.0. The van der Waals surface area contributed by atoms with Crippen LogP contribution in [0.1, 0.15) is 31.1 Å². The van der Waals surface area contributed by atoms with Gasteiger partial charge in [-0.15, -0.1) is 0 Å². The minimum Gasteiger partial charge on any atom is -1.00 e. The van der Waals surface area contributed by atoms with E-state index in [9.17, 15) is 9.59 Å². The van der Waals surface area contributed by atoms with E-state index in [0.29, 0.717) is 24.3 Å². The quantitative estimate of drug-likeness (QED) is 0.540. The number of benzene rings is 1. The minimum absolute atomic E-state index is 0. The number of anilines is 1. The molecule has 178 valence electrons. The number of piperazine rings is 1. The fourth-order valence-electron chi connectivity index (χ4n) is 4.08. The van der Waals surface area contributed by atoms with Gasteiger partial charge < -0.3 is 37.0 Å².